The Kier molecular flexibility index (Phi) is 10.4. The first-order valence-electron chi connectivity index (χ1n) is 14.6. The third kappa shape index (κ3) is 8.76. The molecular weight excluding hydrogens is 567 g/mol. The highest BCUT2D eigenvalue weighted by Crippen LogP contribution is 2.39. The first-order valence-corrected chi connectivity index (χ1v) is 15.3. The summed E-state index contributed by atoms with van der Waals surface area (Å²) in [4.78, 5) is 24.8. The van der Waals surface area contributed by atoms with Crippen LogP contribution in [0, 0.1) is 0 Å². The predicted molar refractivity (Wildman–Crippen MR) is 165 cm³/mol. The molecule has 42 heavy (non-hydrogen) atoms. The number of ketones is 2. The van der Waals surface area contributed by atoms with Gasteiger partial charge in [0.1, 0.15) is 11.6 Å². The summed E-state index contributed by atoms with van der Waals surface area (Å²) in [6, 6.07) is 22.9. The third-order valence-electron chi connectivity index (χ3n) is 7.94. The second-order valence-corrected chi connectivity index (χ2v) is 12.0. The number of aromatic nitrogens is 4. The largest absolute Gasteiger partial charge is 0.299 e. The number of nitrogens with zero attached hydrogens (tertiary/aromatic N) is 4. The summed E-state index contributed by atoms with van der Waals surface area (Å²) in [7, 11) is 0. The number of aryl methyl sites for hydroxylation is 2. The van der Waals surface area contributed by atoms with Crippen molar-refractivity contribution in [1.29, 1.82) is 0 Å². The molecule has 1 aliphatic rings. The van der Waals surface area contributed by atoms with Crippen molar-refractivity contribution in [2.45, 2.75) is 76.0 Å². The van der Waals surface area contributed by atoms with Crippen molar-refractivity contribution in [3.63, 3.8) is 0 Å². The first-order chi connectivity index (χ1) is 20.4. The van der Waals surface area contributed by atoms with Gasteiger partial charge in [0.2, 0.25) is 0 Å². The van der Waals surface area contributed by atoms with Crippen LogP contribution in [0.1, 0.15) is 84.3 Å². The SMILES string of the molecule is O=C(CCc1ccc(C2CCCC(c3ccc(CCC(=O)Cc4ccc(Cl)cc4)nn3)C2)nn1)Cc1ccc(Cl)cc1. The van der Waals surface area contributed by atoms with Gasteiger partial charge in [-0.3, -0.25) is 9.59 Å². The summed E-state index contributed by atoms with van der Waals surface area (Å²) in [6.45, 7) is 0. The van der Waals surface area contributed by atoms with Gasteiger partial charge in [-0.25, -0.2) is 0 Å². The van der Waals surface area contributed by atoms with Crippen LogP contribution >= 0.6 is 23.2 Å². The van der Waals surface area contributed by atoms with Gasteiger partial charge in [0.15, 0.2) is 0 Å². The third-order valence-corrected chi connectivity index (χ3v) is 8.44. The molecule has 0 amide bonds. The zero-order valence-corrected chi connectivity index (χ0v) is 25.0. The van der Waals surface area contributed by atoms with Gasteiger partial charge in [-0.2, -0.15) is 20.4 Å². The van der Waals surface area contributed by atoms with Gasteiger partial charge in [0, 0.05) is 47.6 Å². The van der Waals surface area contributed by atoms with E-state index >= 15 is 0 Å². The van der Waals surface area contributed by atoms with E-state index in [0.717, 1.165) is 59.6 Å². The fourth-order valence-electron chi connectivity index (χ4n) is 5.54. The number of hydrogen-bond donors (Lipinski definition) is 0. The molecule has 4 aromatic rings. The molecule has 2 atom stereocenters. The summed E-state index contributed by atoms with van der Waals surface area (Å²) in [5.41, 5.74) is 5.61. The number of hydrogen-bond acceptors (Lipinski definition) is 6. The van der Waals surface area contributed by atoms with Gasteiger partial charge < -0.3 is 0 Å². The Morgan fingerprint density at radius 1 is 0.595 bits per heavy atom. The lowest BCUT2D eigenvalue weighted by atomic mass is 9.78. The topological polar surface area (TPSA) is 85.7 Å². The van der Waals surface area contributed by atoms with E-state index in [9.17, 15) is 9.59 Å². The molecule has 2 unspecified atom stereocenters. The Balaban J connectivity index is 1.08. The van der Waals surface area contributed by atoms with Crippen LogP contribution in [0.5, 0.6) is 0 Å². The number of halogens is 2. The highest BCUT2D eigenvalue weighted by Gasteiger charge is 2.26. The van der Waals surface area contributed by atoms with Gasteiger partial charge >= 0.3 is 0 Å². The van der Waals surface area contributed by atoms with Gasteiger partial charge in [-0.1, -0.05) is 53.9 Å². The average molecular weight is 602 g/mol. The molecule has 5 rings (SSSR count). The predicted octanol–water partition coefficient (Wildman–Crippen LogP) is 7.50. The number of Topliss-reactive ketones (excluding diaryl/α,β-unsaturated/α-hetero) is 2. The molecule has 0 aliphatic heterocycles. The molecule has 0 radical (unpaired) electrons. The van der Waals surface area contributed by atoms with Crippen LogP contribution < -0.4 is 0 Å². The van der Waals surface area contributed by atoms with Gasteiger partial charge in [-0.05, 0) is 91.8 Å². The Hall–Kier alpha value is -3.48. The van der Waals surface area contributed by atoms with Crippen LogP contribution in [0.25, 0.3) is 0 Å². The van der Waals surface area contributed by atoms with E-state index in [1.165, 1.54) is 0 Å². The Morgan fingerprint density at radius 2 is 1.02 bits per heavy atom. The molecule has 0 N–H and O–H groups in total. The molecule has 1 fully saturated rings. The Morgan fingerprint density at radius 3 is 1.40 bits per heavy atom. The fraction of sp³-hybridized carbons (Fsp3) is 0.353. The summed E-state index contributed by atoms with van der Waals surface area (Å²) in [5.74, 6) is 0.998. The summed E-state index contributed by atoms with van der Waals surface area (Å²) >= 11 is 11.9. The molecule has 1 saturated carbocycles. The van der Waals surface area contributed by atoms with E-state index in [2.05, 4.69) is 32.5 Å². The van der Waals surface area contributed by atoms with E-state index in [4.69, 9.17) is 23.2 Å². The smallest absolute Gasteiger partial charge is 0.137 e. The molecule has 216 valence electrons. The van der Waals surface area contributed by atoms with E-state index in [1.807, 2.05) is 60.7 Å². The van der Waals surface area contributed by atoms with Crippen molar-refractivity contribution >= 4 is 34.8 Å². The standard InChI is InChI=1S/C34H34Cl2N4O2/c35-27-8-4-23(5-9-27)20-31(41)16-12-29-14-18-33(39-37-29)25-2-1-3-26(22-25)34-19-15-30(38-40-34)13-17-32(42)21-24-6-10-28(36)11-7-24/h4-11,14-15,18-19,25-26H,1-3,12-13,16-17,20-22H2. The highest BCUT2D eigenvalue weighted by atomic mass is 35.5. The van der Waals surface area contributed by atoms with E-state index in [0.29, 0.717) is 60.4 Å². The molecule has 0 bridgehead atoms. The lowest BCUT2D eigenvalue weighted by molar-refractivity contribution is -0.119. The van der Waals surface area contributed by atoms with Crippen molar-refractivity contribution in [3.05, 3.63) is 117 Å². The van der Waals surface area contributed by atoms with E-state index in [-0.39, 0.29) is 11.6 Å². The van der Waals surface area contributed by atoms with Crippen LogP contribution in [0.3, 0.4) is 0 Å². The van der Waals surface area contributed by atoms with Crippen LogP contribution in [0.2, 0.25) is 10.0 Å². The van der Waals surface area contributed by atoms with Gasteiger partial charge in [-0.15, -0.1) is 0 Å². The molecule has 1 aliphatic carbocycles. The minimum absolute atomic E-state index is 0.176. The Labute approximate surface area is 256 Å². The monoisotopic (exact) mass is 600 g/mol. The quantitative estimate of drug-likeness (QED) is 0.167. The maximum Gasteiger partial charge on any atom is 0.137 e. The number of rotatable bonds is 12. The normalized spacial score (nSPS) is 16.7. The van der Waals surface area contributed by atoms with Gasteiger partial charge in [0.25, 0.3) is 0 Å². The minimum atomic E-state index is 0.176. The highest BCUT2D eigenvalue weighted by molar-refractivity contribution is 6.30. The van der Waals surface area contributed by atoms with Crippen LogP contribution in [0.15, 0.2) is 72.8 Å². The molecule has 2 aromatic carbocycles. The molecule has 2 heterocycles. The van der Waals surface area contributed by atoms with Crippen molar-refractivity contribution in [2.24, 2.45) is 0 Å². The molecule has 6 nitrogen and oxygen atoms in total. The maximum absolute atomic E-state index is 12.4. The second kappa shape index (κ2) is 14.6. The van der Waals surface area contributed by atoms with Crippen LogP contribution in [-0.4, -0.2) is 32.0 Å². The van der Waals surface area contributed by atoms with Crippen LogP contribution in [-0.2, 0) is 35.3 Å². The van der Waals surface area contributed by atoms with E-state index < -0.39 is 0 Å². The van der Waals surface area contributed by atoms with E-state index in [1.54, 1.807) is 0 Å². The lowest BCUT2D eigenvalue weighted by Crippen LogP contribution is -2.16. The molecular formula is C34H34Cl2N4O2. The summed E-state index contributed by atoms with van der Waals surface area (Å²) < 4.78 is 0. The van der Waals surface area contributed by atoms with Crippen molar-refractivity contribution in [2.75, 3.05) is 0 Å². The van der Waals surface area contributed by atoms with Crippen molar-refractivity contribution in [3.8, 4) is 0 Å². The fourth-order valence-corrected chi connectivity index (χ4v) is 5.79. The number of benzene rings is 2. The van der Waals surface area contributed by atoms with Crippen molar-refractivity contribution < 1.29 is 9.59 Å². The average Bonchev–Trinajstić information content (AvgIpc) is 3.02. The van der Waals surface area contributed by atoms with Gasteiger partial charge in [0.05, 0.1) is 22.8 Å². The maximum atomic E-state index is 12.4. The van der Waals surface area contributed by atoms with Crippen molar-refractivity contribution in [1.82, 2.24) is 20.4 Å². The summed E-state index contributed by atoms with van der Waals surface area (Å²) in [5, 5.41) is 19.3. The zero-order chi connectivity index (χ0) is 29.3. The molecule has 0 saturated heterocycles. The summed E-state index contributed by atoms with van der Waals surface area (Å²) in [6.07, 6.45) is 7.05. The molecule has 2 aromatic heterocycles. The minimum Gasteiger partial charge on any atom is -0.299 e. The second-order valence-electron chi connectivity index (χ2n) is 11.1. The molecule has 8 heteroatoms. The Bertz CT molecular complexity index is 1360. The zero-order valence-electron chi connectivity index (χ0n) is 23.5. The van der Waals surface area contributed by atoms with Crippen LogP contribution in [0.4, 0.5) is 0 Å². The first kappa shape index (κ1) is 30.0. The molecule has 0 spiro atoms. The lowest BCUT2D eigenvalue weighted by Gasteiger charge is -2.28. The number of carbonyl (C=O) groups is 2. The number of carbonyl (C=O) groups excluding carboxylic acids is 2.